The Morgan fingerprint density at radius 2 is 1.65 bits per heavy atom. The molecule has 0 aromatic heterocycles. The average molecular weight is 355 g/mol. The first-order valence-electron chi connectivity index (χ1n) is 9.08. The smallest absolute Gasteiger partial charge is 0.236 e. The van der Waals surface area contributed by atoms with Crippen molar-refractivity contribution in [3.05, 3.63) is 66.0 Å². The first kappa shape index (κ1) is 18.4. The van der Waals surface area contributed by atoms with Gasteiger partial charge in [-0.25, -0.2) is 4.39 Å². The highest BCUT2D eigenvalue weighted by molar-refractivity contribution is 5.78. The highest BCUT2D eigenvalue weighted by Gasteiger charge is 2.23. The highest BCUT2D eigenvalue weighted by Crippen LogP contribution is 2.20. The number of hydrogen-bond donors (Lipinski definition) is 0. The van der Waals surface area contributed by atoms with Gasteiger partial charge in [0, 0.05) is 37.9 Å². The van der Waals surface area contributed by atoms with Crippen molar-refractivity contribution in [2.24, 2.45) is 0 Å². The van der Waals surface area contributed by atoms with Crippen LogP contribution in [0, 0.1) is 5.82 Å². The maximum atomic E-state index is 13.1. The van der Waals surface area contributed by atoms with E-state index in [-0.39, 0.29) is 17.8 Å². The third-order valence-electron chi connectivity index (χ3n) is 5.15. The van der Waals surface area contributed by atoms with E-state index in [0.717, 1.165) is 31.7 Å². The topological polar surface area (TPSA) is 26.8 Å². The molecule has 1 aliphatic heterocycles. The van der Waals surface area contributed by atoms with E-state index in [9.17, 15) is 9.18 Å². The largest absolute Gasteiger partial charge is 0.368 e. The summed E-state index contributed by atoms with van der Waals surface area (Å²) in [5.41, 5.74) is 2.22. The molecule has 138 valence electrons. The number of carbonyl (C=O) groups is 1. The Labute approximate surface area is 154 Å². The molecule has 5 heteroatoms. The molecule has 0 aliphatic carbocycles. The molecule has 0 bridgehead atoms. The number of benzene rings is 2. The van der Waals surface area contributed by atoms with Gasteiger partial charge in [-0.15, -0.1) is 0 Å². The zero-order valence-electron chi connectivity index (χ0n) is 15.4. The van der Waals surface area contributed by atoms with Gasteiger partial charge in [0.1, 0.15) is 5.82 Å². The molecule has 1 aliphatic rings. The van der Waals surface area contributed by atoms with Gasteiger partial charge >= 0.3 is 0 Å². The second kappa shape index (κ2) is 8.32. The number of piperazine rings is 1. The molecule has 1 atom stereocenters. The molecule has 0 N–H and O–H groups in total. The normalized spacial score (nSPS) is 16.0. The van der Waals surface area contributed by atoms with E-state index in [1.54, 1.807) is 12.1 Å². The Morgan fingerprint density at radius 3 is 2.27 bits per heavy atom. The van der Waals surface area contributed by atoms with E-state index in [2.05, 4.69) is 17.0 Å². The minimum atomic E-state index is -0.240. The Hall–Kier alpha value is -2.40. The zero-order chi connectivity index (χ0) is 18.5. The van der Waals surface area contributed by atoms with Crippen LogP contribution in [-0.2, 0) is 4.79 Å². The number of likely N-dealkylation sites (N-methyl/N-ethyl adjacent to an activating group) is 1. The predicted molar refractivity (Wildman–Crippen MR) is 103 cm³/mol. The monoisotopic (exact) mass is 355 g/mol. The molecule has 1 heterocycles. The van der Waals surface area contributed by atoms with Gasteiger partial charge in [-0.2, -0.15) is 0 Å². The number of anilines is 1. The van der Waals surface area contributed by atoms with Crippen molar-refractivity contribution in [2.75, 3.05) is 44.7 Å². The van der Waals surface area contributed by atoms with Crippen molar-refractivity contribution in [3.8, 4) is 0 Å². The molecule has 3 rings (SSSR count). The minimum Gasteiger partial charge on any atom is -0.368 e. The Balaban J connectivity index is 1.51. The predicted octanol–water partition coefficient (Wildman–Crippen LogP) is 3.17. The SMILES string of the molecule is C[C@H](c1ccc(F)cc1)N(C)CC(=O)N1CCN(c2ccccc2)CC1. The van der Waals surface area contributed by atoms with E-state index >= 15 is 0 Å². The van der Waals surface area contributed by atoms with Crippen molar-refractivity contribution in [1.82, 2.24) is 9.80 Å². The molecule has 0 unspecified atom stereocenters. The molecule has 1 saturated heterocycles. The third kappa shape index (κ3) is 4.41. The molecule has 0 radical (unpaired) electrons. The summed E-state index contributed by atoms with van der Waals surface area (Å²) in [5, 5.41) is 0. The van der Waals surface area contributed by atoms with Crippen LogP contribution in [0.2, 0.25) is 0 Å². The summed E-state index contributed by atoms with van der Waals surface area (Å²) >= 11 is 0. The maximum Gasteiger partial charge on any atom is 0.236 e. The van der Waals surface area contributed by atoms with Crippen molar-refractivity contribution in [3.63, 3.8) is 0 Å². The molecule has 26 heavy (non-hydrogen) atoms. The first-order valence-corrected chi connectivity index (χ1v) is 9.08. The number of rotatable bonds is 5. The van der Waals surface area contributed by atoms with Gasteiger partial charge in [0.15, 0.2) is 0 Å². The Morgan fingerprint density at radius 1 is 1.04 bits per heavy atom. The number of nitrogens with zero attached hydrogens (tertiary/aromatic N) is 3. The van der Waals surface area contributed by atoms with Crippen LogP contribution >= 0.6 is 0 Å². The molecular formula is C21H26FN3O. The van der Waals surface area contributed by atoms with Crippen molar-refractivity contribution >= 4 is 11.6 Å². The summed E-state index contributed by atoms with van der Waals surface area (Å²) in [6.45, 7) is 5.59. The van der Waals surface area contributed by atoms with Crippen molar-refractivity contribution in [2.45, 2.75) is 13.0 Å². The molecule has 1 fully saturated rings. The maximum absolute atomic E-state index is 13.1. The molecule has 0 spiro atoms. The fourth-order valence-corrected chi connectivity index (χ4v) is 3.30. The van der Waals surface area contributed by atoms with E-state index in [1.807, 2.05) is 42.0 Å². The van der Waals surface area contributed by atoms with Crippen LogP contribution in [0.25, 0.3) is 0 Å². The number of para-hydroxylation sites is 1. The van der Waals surface area contributed by atoms with E-state index in [0.29, 0.717) is 6.54 Å². The standard InChI is InChI=1S/C21H26FN3O/c1-17(18-8-10-19(22)11-9-18)23(2)16-21(26)25-14-12-24(13-15-25)20-6-4-3-5-7-20/h3-11,17H,12-16H2,1-2H3/t17-/m1/s1. The summed E-state index contributed by atoms with van der Waals surface area (Å²) in [6, 6.07) is 16.8. The minimum absolute atomic E-state index is 0.0603. The van der Waals surface area contributed by atoms with Crippen LogP contribution in [0.4, 0.5) is 10.1 Å². The van der Waals surface area contributed by atoms with Crippen LogP contribution in [0.1, 0.15) is 18.5 Å². The van der Waals surface area contributed by atoms with Gasteiger partial charge in [-0.05, 0) is 43.8 Å². The van der Waals surface area contributed by atoms with Gasteiger partial charge in [-0.3, -0.25) is 9.69 Å². The summed E-state index contributed by atoms with van der Waals surface area (Å²) in [6.07, 6.45) is 0. The van der Waals surface area contributed by atoms with Crippen LogP contribution < -0.4 is 4.90 Å². The van der Waals surface area contributed by atoms with Gasteiger partial charge in [-0.1, -0.05) is 30.3 Å². The fraction of sp³-hybridized carbons (Fsp3) is 0.381. The summed E-state index contributed by atoms with van der Waals surface area (Å²) in [5.74, 6) is -0.0925. The van der Waals surface area contributed by atoms with Gasteiger partial charge in [0.25, 0.3) is 0 Å². The molecule has 2 aromatic rings. The lowest BCUT2D eigenvalue weighted by molar-refractivity contribution is -0.132. The van der Waals surface area contributed by atoms with Crippen molar-refractivity contribution in [1.29, 1.82) is 0 Å². The van der Waals surface area contributed by atoms with Gasteiger partial charge < -0.3 is 9.80 Å². The van der Waals surface area contributed by atoms with Crippen LogP contribution in [0.3, 0.4) is 0 Å². The van der Waals surface area contributed by atoms with E-state index in [4.69, 9.17) is 0 Å². The lowest BCUT2D eigenvalue weighted by Crippen LogP contribution is -2.51. The second-order valence-electron chi connectivity index (χ2n) is 6.85. The number of hydrogen-bond acceptors (Lipinski definition) is 3. The molecular weight excluding hydrogens is 329 g/mol. The summed E-state index contributed by atoms with van der Waals surface area (Å²) < 4.78 is 13.1. The summed E-state index contributed by atoms with van der Waals surface area (Å²) in [7, 11) is 1.94. The Kier molecular flexibility index (Phi) is 5.89. The molecule has 0 saturated carbocycles. The lowest BCUT2D eigenvalue weighted by atomic mass is 10.1. The number of carbonyl (C=O) groups excluding carboxylic acids is 1. The van der Waals surface area contributed by atoms with Crippen LogP contribution in [0.5, 0.6) is 0 Å². The Bertz CT molecular complexity index is 712. The number of halogens is 1. The summed E-state index contributed by atoms with van der Waals surface area (Å²) in [4.78, 5) is 18.9. The molecule has 2 aromatic carbocycles. The lowest BCUT2D eigenvalue weighted by Gasteiger charge is -2.37. The van der Waals surface area contributed by atoms with Crippen molar-refractivity contribution < 1.29 is 9.18 Å². The quantitative estimate of drug-likeness (QED) is 0.824. The third-order valence-corrected chi connectivity index (χ3v) is 5.15. The average Bonchev–Trinajstić information content (AvgIpc) is 2.68. The van der Waals surface area contributed by atoms with E-state index < -0.39 is 0 Å². The zero-order valence-corrected chi connectivity index (χ0v) is 15.4. The number of amides is 1. The molecule has 1 amide bonds. The van der Waals surface area contributed by atoms with E-state index in [1.165, 1.54) is 17.8 Å². The van der Waals surface area contributed by atoms with Crippen LogP contribution in [0.15, 0.2) is 54.6 Å². The highest BCUT2D eigenvalue weighted by atomic mass is 19.1. The van der Waals surface area contributed by atoms with Gasteiger partial charge in [0.05, 0.1) is 6.54 Å². The van der Waals surface area contributed by atoms with Gasteiger partial charge in [0.2, 0.25) is 5.91 Å². The molecule has 4 nitrogen and oxygen atoms in total. The van der Waals surface area contributed by atoms with Crippen LogP contribution in [-0.4, -0.2) is 55.5 Å². The second-order valence-corrected chi connectivity index (χ2v) is 6.85. The fourth-order valence-electron chi connectivity index (χ4n) is 3.30. The first-order chi connectivity index (χ1) is 12.5.